The fraction of sp³-hybridized carbons (Fsp3) is 0.0741. The molecule has 0 aliphatic heterocycles. The first kappa shape index (κ1) is 31.1. The molecule has 0 unspecified atom stereocenters. The molecule has 12 rings (SSSR count). The lowest BCUT2D eigenvalue weighted by Crippen LogP contribution is -2.25. The summed E-state index contributed by atoms with van der Waals surface area (Å²) in [5.41, 5.74) is 20.8. The molecule has 0 bridgehead atoms. The smallest absolute Gasteiger partial charge is 0.0725 e. The summed E-state index contributed by atoms with van der Waals surface area (Å²) in [6.45, 7) is 4.76. The highest BCUT2D eigenvalue weighted by Gasteiger charge is 2.51. The molecule has 1 heterocycles. The molecule has 55 heavy (non-hydrogen) atoms. The fourth-order valence-electron chi connectivity index (χ4n) is 10.5. The minimum Gasteiger partial charge on any atom is -0.135 e. The van der Waals surface area contributed by atoms with E-state index in [-0.39, 0.29) is 10.8 Å². The summed E-state index contributed by atoms with van der Waals surface area (Å²) in [5, 5.41) is 2.64. The van der Waals surface area contributed by atoms with E-state index in [0.29, 0.717) is 0 Å². The van der Waals surface area contributed by atoms with Crippen LogP contribution in [0.4, 0.5) is 0 Å². The summed E-state index contributed by atoms with van der Waals surface area (Å²) in [5.74, 6) is 0. The summed E-state index contributed by atoms with van der Waals surface area (Å²) < 4.78 is 2.65. The highest BCUT2D eigenvalue weighted by molar-refractivity contribution is 7.25. The molecule has 3 aliphatic rings. The number of fused-ring (bicyclic) bond motifs is 16. The lowest BCUT2D eigenvalue weighted by Gasteiger charge is -2.30. The number of hydrogen-bond donors (Lipinski definition) is 0. The number of thiophene rings is 1. The highest BCUT2D eigenvalue weighted by Crippen LogP contribution is 2.63. The van der Waals surface area contributed by atoms with Crippen molar-refractivity contribution in [3.63, 3.8) is 0 Å². The molecule has 258 valence electrons. The first-order valence-corrected chi connectivity index (χ1v) is 20.2. The molecule has 3 aliphatic carbocycles. The largest absolute Gasteiger partial charge is 0.135 e. The van der Waals surface area contributed by atoms with Crippen LogP contribution in [-0.2, 0) is 10.8 Å². The van der Waals surface area contributed by atoms with E-state index in [9.17, 15) is 0 Å². The minimum atomic E-state index is -0.374. The Bertz CT molecular complexity index is 3080. The van der Waals surface area contributed by atoms with Gasteiger partial charge < -0.3 is 0 Å². The fourth-order valence-corrected chi connectivity index (χ4v) is 11.6. The van der Waals surface area contributed by atoms with Crippen molar-refractivity contribution in [2.24, 2.45) is 0 Å². The number of benzene rings is 8. The van der Waals surface area contributed by atoms with Crippen molar-refractivity contribution in [3.05, 3.63) is 226 Å². The molecule has 0 saturated heterocycles. The maximum Gasteiger partial charge on any atom is 0.0725 e. The Labute approximate surface area is 325 Å². The lowest BCUT2D eigenvalue weighted by atomic mass is 9.70. The summed E-state index contributed by atoms with van der Waals surface area (Å²) in [7, 11) is 0. The van der Waals surface area contributed by atoms with Crippen LogP contribution in [0.25, 0.3) is 65.2 Å². The average molecular weight is 717 g/mol. The zero-order valence-electron chi connectivity index (χ0n) is 30.7. The van der Waals surface area contributed by atoms with E-state index in [4.69, 9.17) is 0 Å². The summed E-state index contributed by atoms with van der Waals surface area (Å²) in [4.78, 5) is 0. The van der Waals surface area contributed by atoms with Crippen LogP contribution in [0.3, 0.4) is 0 Å². The summed E-state index contributed by atoms with van der Waals surface area (Å²) >= 11 is 1.88. The minimum absolute atomic E-state index is 0.0941. The predicted octanol–water partition coefficient (Wildman–Crippen LogP) is 14.3. The third-order valence-electron chi connectivity index (χ3n) is 12.9. The van der Waals surface area contributed by atoms with Crippen LogP contribution < -0.4 is 0 Å². The van der Waals surface area contributed by atoms with Crippen LogP contribution in [0.5, 0.6) is 0 Å². The second kappa shape index (κ2) is 11.1. The molecule has 8 aromatic carbocycles. The highest BCUT2D eigenvalue weighted by atomic mass is 32.1. The molecule has 0 radical (unpaired) electrons. The molecule has 9 aromatic rings. The Hall–Kier alpha value is -6.28. The molecule has 0 N–H and O–H groups in total. The van der Waals surface area contributed by atoms with Gasteiger partial charge in [-0.05, 0) is 119 Å². The number of hydrogen-bond acceptors (Lipinski definition) is 1. The lowest BCUT2D eigenvalue weighted by molar-refractivity contribution is 0.660. The van der Waals surface area contributed by atoms with Gasteiger partial charge in [0.15, 0.2) is 0 Å². The Morgan fingerprint density at radius 2 is 0.945 bits per heavy atom. The van der Waals surface area contributed by atoms with E-state index >= 15 is 0 Å². The van der Waals surface area contributed by atoms with Gasteiger partial charge in [-0.2, -0.15) is 0 Å². The van der Waals surface area contributed by atoms with Crippen LogP contribution in [-0.4, -0.2) is 0 Å². The van der Waals surface area contributed by atoms with Crippen LogP contribution in [0.1, 0.15) is 63.9 Å². The predicted molar refractivity (Wildman–Crippen MR) is 233 cm³/mol. The van der Waals surface area contributed by atoms with Crippen LogP contribution in [0, 0.1) is 0 Å². The van der Waals surface area contributed by atoms with Crippen LogP contribution in [0.2, 0.25) is 0 Å². The first-order valence-electron chi connectivity index (χ1n) is 19.3. The van der Waals surface area contributed by atoms with Gasteiger partial charge >= 0.3 is 0 Å². The van der Waals surface area contributed by atoms with Crippen molar-refractivity contribution in [1.29, 1.82) is 0 Å². The third-order valence-corrected chi connectivity index (χ3v) is 14.1. The molecule has 1 aromatic heterocycles. The maximum atomic E-state index is 2.49. The zero-order chi connectivity index (χ0) is 36.5. The van der Waals surface area contributed by atoms with Crippen molar-refractivity contribution in [3.8, 4) is 33.4 Å². The van der Waals surface area contributed by atoms with Crippen molar-refractivity contribution >= 4 is 43.2 Å². The van der Waals surface area contributed by atoms with Gasteiger partial charge in [-0.25, -0.2) is 0 Å². The third kappa shape index (κ3) is 4.06. The molecule has 0 atom stereocenters. The van der Waals surface area contributed by atoms with Crippen LogP contribution in [0.15, 0.2) is 176 Å². The van der Waals surface area contributed by atoms with Crippen molar-refractivity contribution in [2.45, 2.75) is 24.7 Å². The van der Waals surface area contributed by atoms with Crippen LogP contribution >= 0.6 is 11.3 Å². The number of rotatable bonds is 3. The topological polar surface area (TPSA) is 0 Å². The van der Waals surface area contributed by atoms with E-state index in [0.717, 1.165) is 0 Å². The molecular weight excluding hydrogens is 681 g/mol. The van der Waals surface area contributed by atoms with Crippen molar-refractivity contribution in [2.75, 3.05) is 0 Å². The normalized spacial score (nSPS) is 15.1. The Morgan fingerprint density at radius 3 is 1.69 bits per heavy atom. The van der Waals surface area contributed by atoms with Gasteiger partial charge in [-0.15, -0.1) is 11.3 Å². The summed E-state index contributed by atoms with van der Waals surface area (Å²) in [6, 6.07) is 66.4. The molecule has 0 amide bonds. The average Bonchev–Trinajstić information content (AvgIpc) is 3.92. The SMILES string of the molecule is CC1(C)c2ccccc2-c2ccc(/C(=C/c3cccc4c3-c3ccccc3C43c4ccccc4-c4ccccc43)c3ccc4sc5ccccc5c4c3)cc21. The van der Waals surface area contributed by atoms with E-state index in [1.165, 1.54) is 109 Å². The molecule has 0 fully saturated rings. The van der Waals surface area contributed by atoms with E-state index in [2.05, 4.69) is 196 Å². The van der Waals surface area contributed by atoms with Gasteiger partial charge in [0.2, 0.25) is 0 Å². The van der Waals surface area contributed by atoms with E-state index in [1.807, 2.05) is 11.3 Å². The van der Waals surface area contributed by atoms with Gasteiger partial charge in [0.1, 0.15) is 0 Å². The Morgan fingerprint density at radius 1 is 0.418 bits per heavy atom. The Kier molecular flexibility index (Phi) is 6.30. The van der Waals surface area contributed by atoms with Gasteiger partial charge in [-0.1, -0.05) is 166 Å². The zero-order valence-corrected chi connectivity index (χ0v) is 31.5. The maximum absolute atomic E-state index is 2.49. The van der Waals surface area contributed by atoms with Crippen molar-refractivity contribution in [1.82, 2.24) is 0 Å². The van der Waals surface area contributed by atoms with Crippen molar-refractivity contribution < 1.29 is 0 Å². The van der Waals surface area contributed by atoms with Gasteiger partial charge in [0.05, 0.1) is 5.41 Å². The quantitative estimate of drug-likeness (QED) is 0.160. The second-order valence-corrected chi connectivity index (χ2v) is 17.0. The van der Waals surface area contributed by atoms with E-state index < -0.39 is 0 Å². The monoisotopic (exact) mass is 716 g/mol. The molecule has 1 heteroatoms. The van der Waals surface area contributed by atoms with Gasteiger partial charge in [0.25, 0.3) is 0 Å². The molecule has 1 spiro atoms. The standard InChI is InChI=1S/C54H36S/c1-53(2)44-20-8-3-15-36(44)39-28-26-34(32-49(39)53)42(33-27-29-51-43(30-33)40-18-7-12-25-50(40)55-51)31-35-14-13-24-48-52(35)41-19-6-11-23-47(41)54(48)45-21-9-4-16-37(45)38-17-5-10-22-46(38)54/h3-32H,1-2H3/b42-31+. The second-order valence-electron chi connectivity index (χ2n) is 16.0. The first-order chi connectivity index (χ1) is 27.0. The Balaban J connectivity index is 1.14. The van der Waals surface area contributed by atoms with E-state index in [1.54, 1.807) is 0 Å². The van der Waals surface area contributed by atoms with Gasteiger partial charge in [0, 0.05) is 25.6 Å². The molecule has 0 saturated carbocycles. The van der Waals surface area contributed by atoms with Gasteiger partial charge in [-0.3, -0.25) is 0 Å². The molecule has 0 nitrogen and oxygen atoms in total. The summed E-state index contributed by atoms with van der Waals surface area (Å²) in [6.07, 6.45) is 2.49. The molecular formula is C54H36S.